The molecule has 0 aliphatic carbocycles. The molecule has 0 unspecified atom stereocenters. The quantitative estimate of drug-likeness (QED) is 0.488. The van der Waals surface area contributed by atoms with Gasteiger partial charge in [-0.2, -0.15) is 8.78 Å². The molecule has 0 aromatic heterocycles. The van der Waals surface area contributed by atoms with Crippen LogP contribution in [-0.2, 0) is 9.53 Å². The Morgan fingerprint density at radius 1 is 1.58 bits per heavy atom. The second kappa shape index (κ2) is 4.13. The number of hydrogen-bond donors (Lipinski definition) is 0. The molecule has 0 heterocycles. The summed E-state index contributed by atoms with van der Waals surface area (Å²) < 4.78 is 39.7. The highest BCUT2D eigenvalue weighted by Gasteiger charge is 2.30. The van der Waals surface area contributed by atoms with E-state index in [0.717, 1.165) is 0 Å². The average Bonchev–Trinajstić information content (AvgIpc) is 2.00. The molecule has 0 fully saturated rings. The summed E-state index contributed by atoms with van der Waals surface area (Å²) in [6.07, 6.45) is 0. The van der Waals surface area contributed by atoms with Crippen molar-refractivity contribution in [2.75, 3.05) is 13.3 Å². The molecule has 0 amide bonds. The first-order valence-electron chi connectivity index (χ1n) is 3.15. The molecule has 0 aromatic carbocycles. The summed E-state index contributed by atoms with van der Waals surface area (Å²) in [5.41, 5.74) is 0.00431. The van der Waals surface area contributed by atoms with E-state index in [1.807, 2.05) is 0 Å². The topological polar surface area (TPSA) is 26.3 Å². The Morgan fingerprint density at radius 3 is 2.42 bits per heavy atom. The first kappa shape index (κ1) is 11.0. The van der Waals surface area contributed by atoms with Crippen molar-refractivity contribution in [2.24, 2.45) is 0 Å². The summed E-state index contributed by atoms with van der Waals surface area (Å²) in [6.45, 7) is 1.41. The second-order valence-electron chi connectivity index (χ2n) is 2.35. The first-order chi connectivity index (χ1) is 5.39. The van der Waals surface area contributed by atoms with Crippen LogP contribution in [0.2, 0.25) is 0 Å². The molecule has 0 aromatic rings. The predicted molar refractivity (Wildman–Crippen MR) is 36.7 cm³/mol. The predicted octanol–water partition coefficient (Wildman–Crippen LogP) is 1.71. The van der Waals surface area contributed by atoms with E-state index in [1.165, 1.54) is 6.92 Å². The molecule has 0 aliphatic heterocycles. The fourth-order valence-electron chi connectivity index (χ4n) is 0.333. The largest absolute Gasteiger partial charge is 0.456 e. The van der Waals surface area contributed by atoms with Crippen molar-refractivity contribution < 1.29 is 22.7 Å². The third kappa shape index (κ3) is 4.00. The van der Waals surface area contributed by atoms with Gasteiger partial charge in [0.05, 0.1) is 0 Å². The minimum absolute atomic E-state index is 0.00431. The molecule has 0 radical (unpaired) electrons. The summed E-state index contributed by atoms with van der Waals surface area (Å²) in [5, 5.41) is 0. The Morgan fingerprint density at radius 2 is 2.08 bits per heavy atom. The summed E-state index contributed by atoms with van der Waals surface area (Å²) in [5.74, 6) is -4.53. The lowest BCUT2D eigenvalue weighted by molar-refractivity contribution is -0.152. The molecule has 0 saturated carbocycles. The lowest BCUT2D eigenvalue weighted by atomic mass is 10.3. The molecule has 12 heavy (non-hydrogen) atoms. The number of esters is 1. The van der Waals surface area contributed by atoms with Gasteiger partial charge in [0.2, 0.25) is 0 Å². The zero-order valence-corrected chi connectivity index (χ0v) is 6.57. The second-order valence-corrected chi connectivity index (χ2v) is 2.35. The molecule has 2 nitrogen and oxygen atoms in total. The minimum Gasteiger partial charge on any atom is -0.456 e. The average molecular weight is 182 g/mol. The van der Waals surface area contributed by atoms with Crippen LogP contribution in [0.15, 0.2) is 12.2 Å². The zero-order chi connectivity index (χ0) is 9.78. The normalized spacial score (nSPS) is 11.0. The van der Waals surface area contributed by atoms with E-state index >= 15 is 0 Å². The molecule has 0 rings (SSSR count). The van der Waals surface area contributed by atoms with Gasteiger partial charge < -0.3 is 4.74 Å². The molecule has 0 saturated heterocycles. The number of carbonyl (C=O) groups is 1. The number of alkyl halides is 3. The van der Waals surface area contributed by atoms with Crippen molar-refractivity contribution in [3.63, 3.8) is 0 Å². The van der Waals surface area contributed by atoms with Crippen molar-refractivity contribution in [1.29, 1.82) is 0 Å². The van der Waals surface area contributed by atoms with Crippen LogP contribution in [0.5, 0.6) is 0 Å². The monoisotopic (exact) mass is 182 g/mol. The Hall–Kier alpha value is -1.00. The number of rotatable bonds is 4. The molecule has 0 N–H and O–H groups in total. The number of hydrogen-bond acceptors (Lipinski definition) is 2. The van der Waals surface area contributed by atoms with Gasteiger partial charge in [0.25, 0.3) is 0 Å². The van der Waals surface area contributed by atoms with Crippen LogP contribution in [0.25, 0.3) is 0 Å². The van der Waals surface area contributed by atoms with Crippen LogP contribution in [-0.4, -0.2) is 25.2 Å². The molecule has 0 spiro atoms. The van der Waals surface area contributed by atoms with Gasteiger partial charge >= 0.3 is 11.9 Å². The molecule has 0 aliphatic rings. The highest BCUT2D eigenvalue weighted by molar-refractivity contribution is 5.86. The maximum absolute atomic E-state index is 12.1. The van der Waals surface area contributed by atoms with Crippen LogP contribution in [0, 0.1) is 0 Å². The number of ether oxygens (including phenoxy) is 1. The van der Waals surface area contributed by atoms with Crippen molar-refractivity contribution in [3.05, 3.63) is 12.2 Å². The van der Waals surface area contributed by atoms with Gasteiger partial charge in [-0.05, 0) is 6.92 Å². The fraction of sp³-hybridized carbons (Fsp3) is 0.571. The summed E-state index contributed by atoms with van der Waals surface area (Å²) in [4.78, 5) is 10.5. The van der Waals surface area contributed by atoms with E-state index < -0.39 is 25.2 Å². The molecule has 0 bridgehead atoms. The van der Waals surface area contributed by atoms with Gasteiger partial charge in [0.1, 0.15) is 0 Å². The Balaban J connectivity index is 3.83. The first-order valence-corrected chi connectivity index (χ1v) is 3.15. The zero-order valence-electron chi connectivity index (χ0n) is 6.57. The van der Waals surface area contributed by atoms with Gasteiger partial charge in [0.15, 0.2) is 13.3 Å². The fourth-order valence-corrected chi connectivity index (χ4v) is 0.333. The maximum atomic E-state index is 12.1. The minimum atomic E-state index is -3.59. The summed E-state index contributed by atoms with van der Waals surface area (Å²) in [6, 6.07) is 0. The molecule has 0 atom stereocenters. The van der Waals surface area contributed by atoms with Crippen LogP contribution in [0.3, 0.4) is 0 Å². The lowest BCUT2D eigenvalue weighted by Gasteiger charge is -2.11. The van der Waals surface area contributed by atoms with Crippen molar-refractivity contribution >= 4 is 5.97 Å². The van der Waals surface area contributed by atoms with Crippen LogP contribution >= 0.6 is 0 Å². The van der Waals surface area contributed by atoms with Gasteiger partial charge in [0, 0.05) is 5.57 Å². The smallest absolute Gasteiger partial charge is 0.333 e. The maximum Gasteiger partial charge on any atom is 0.333 e. The van der Waals surface area contributed by atoms with Gasteiger partial charge in [-0.1, -0.05) is 6.58 Å². The third-order valence-electron chi connectivity index (χ3n) is 0.958. The van der Waals surface area contributed by atoms with E-state index in [-0.39, 0.29) is 5.57 Å². The third-order valence-corrected chi connectivity index (χ3v) is 0.958. The van der Waals surface area contributed by atoms with E-state index in [1.54, 1.807) is 0 Å². The van der Waals surface area contributed by atoms with Crippen molar-refractivity contribution in [2.45, 2.75) is 12.8 Å². The van der Waals surface area contributed by atoms with Crippen molar-refractivity contribution in [3.8, 4) is 0 Å². The van der Waals surface area contributed by atoms with E-state index in [2.05, 4.69) is 11.3 Å². The van der Waals surface area contributed by atoms with Crippen molar-refractivity contribution in [1.82, 2.24) is 0 Å². The van der Waals surface area contributed by atoms with E-state index in [4.69, 9.17) is 0 Å². The number of halogens is 3. The molecule has 5 heteroatoms. The van der Waals surface area contributed by atoms with Gasteiger partial charge in [-0.3, -0.25) is 0 Å². The van der Waals surface area contributed by atoms with Crippen LogP contribution in [0.4, 0.5) is 13.2 Å². The Bertz CT molecular complexity index is 189. The highest BCUT2D eigenvalue weighted by atomic mass is 19.3. The Kier molecular flexibility index (Phi) is 3.79. The highest BCUT2D eigenvalue weighted by Crippen LogP contribution is 2.14. The molecule has 70 valence electrons. The molecular weight excluding hydrogens is 173 g/mol. The molecular formula is C7H9F3O2. The SMILES string of the molecule is C=C(C)C(=O)OCC(F)(F)CF. The Labute approximate surface area is 68.0 Å². The van der Waals surface area contributed by atoms with E-state index in [0.29, 0.717) is 0 Å². The van der Waals surface area contributed by atoms with Gasteiger partial charge in [-0.25, -0.2) is 9.18 Å². The summed E-state index contributed by atoms with van der Waals surface area (Å²) in [7, 11) is 0. The summed E-state index contributed by atoms with van der Waals surface area (Å²) >= 11 is 0. The van der Waals surface area contributed by atoms with Crippen LogP contribution < -0.4 is 0 Å². The standard InChI is InChI=1S/C7H9F3O2/c1-5(2)6(11)12-4-7(9,10)3-8/h1,3-4H2,2H3. The van der Waals surface area contributed by atoms with E-state index in [9.17, 15) is 18.0 Å². The van der Waals surface area contributed by atoms with Gasteiger partial charge in [-0.15, -0.1) is 0 Å². The number of carbonyl (C=O) groups excluding carboxylic acids is 1. The lowest BCUT2D eigenvalue weighted by Crippen LogP contribution is -2.27. The van der Waals surface area contributed by atoms with Crippen LogP contribution in [0.1, 0.15) is 6.92 Å².